The molecule has 1 aliphatic heterocycles. The number of anilines is 2. The van der Waals surface area contributed by atoms with Gasteiger partial charge in [0.25, 0.3) is 0 Å². The molecule has 5 nitrogen and oxygen atoms in total. The Bertz CT molecular complexity index is 371. The first-order chi connectivity index (χ1) is 7.64. The Labute approximate surface area is 95.6 Å². The first-order valence-corrected chi connectivity index (χ1v) is 5.50. The number of nitrogen functional groups attached to an aromatic ring is 1. The van der Waals surface area contributed by atoms with E-state index in [1.165, 1.54) is 6.33 Å². The molecule has 5 heteroatoms. The molecule has 1 unspecified atom stereocenters. The van der Waals surface area contributed by atoms with E-state index < -0.39 is 0 Å². The van der Waals surface area contributed by atoms with E-state index in [4.69, 9.17) is 10.5 Å². The molecular weight excluding hydrogens is 204 g/mol. The second-order valence-electron chi connectivity index (χ2n) is 4.48. The average Bonchev–Trinajstić information content (AvgIpc) is 2.30. The van der Waals surface area contributed by atoms with Crippen molar-refractivity contribution in [3.05, 3.63) is 12.5 Å². The summed E-state index contributed by atoms with van der Waals surface area (Å²) in [7, 11) is 1.76. The maximum atomic E-state index is 5.87. The Balaban J connectivity index is 2.19. The second-order valence-corrected chi connectivity index (χ2v) is 4.48. The SMILES string of the molecule is COC1(C)CCCN(c2ncncc2N)C1. The highest BCUT2D eigenvalue weighted by Crippen LogP contribution is 2.29. The minimum atomic E-state index is -0.102. The highest BCUT2D eigenvalue weighted by molar-refractivity contribution is 5.61. The average molecular weight is 222 g/mol. The molecule has 0 saturated carbocycles. The highest BCUT2D eigenvalue weighted by atomic mass is 16.5. The summed E-state index contributed by atoms with van der Waals surface area (Å²) in [5.41, 5.74) is 6.40. The van der Waals surface area contributed by atoms with Gasteiger partial charge in [0, 0.05) is 20.2 Å². The summed E-state index contributed by atoms with van der Waals surface area (Å²) in [5, 5.41) is 0. The van der Waals surface area contributed by atoms with Crippen LogP contribution in [-0.2, 0) is 4.74 Å². The van der Waals surface area contributed by atoms with Crippen LogP contribution in [0.5, 0.6) is 0 Å². The Morgan fingerprint density at radius 2 is 2.38 bits per heavy atom. The second kappa shape index (κ2) is 4.25. The minimum Gasteiger partial charge on any atom is -0.394 e. The normalized spacial score (nSPS) is 25.8. The van der Waals surface area contributed by atoms with Crippen molar-refractivity contribution in [3.8, 4) is 0 Å². The molecule has 0 spiro atoms. The summed E-state index contributed by atoms with van der Waals surface area (Å²) in [6.45, 7) is 3.92. The number of nitrogens with zero attached hydrogens (tertiary/aromatic N) is 3. The summed E-state index contributed by atoms with van der Waals surface area (Å²) in [6.07, 6.45) is 5.34. The number of hydrogen-bond acceptors (Lipinski definition) is 5. The summed E-state index contributed by atoms with van der Waals surface area (Å²) in [4.78, 5) is 10.3. The van der Waals surface area contributed by atoms with Gasteiger partial charge in [-0.05, 0) is 19.8 Å². The van der Waals surface area contributed by atoms with Gasteiger partial charge in [-0.25, -0.2) is 9.97 Å². The van der Waals surface area contributed by atoms with Crippen molar-refractivity contribution in [2.24, 2.45) is 0 Å². The van der Waals surface area contributed by atoms with Crippen LogP contribution in [0.3, 0.4) is 0 Å². The lowest BCUT2D eigenvalue weighted by Gasteiger charge is -2.40. The van der Waals surface area contributed by atoms with E-state index in [0.717, 1.165) is 31.7 Å². The predicted molar refractivity (Wildman–Crippen MR) is 63.3 cm³/mol. The van der Waals surface area contributed by atoms with Gasteiger partial charge in [-0.3, -0.25) is 0 Å². The zero-order valence-corrected chi connectivity index (χ0v) is 9.81. The van der Waals surface area contributed by atoms with Crippen molar-refractivity contribution < 1.29 is 4.74 Å². The molecule has 1 atom stereocenters. The van der Waals surface area contributed by atoms with Crippen LogP contribution in [0, 0.1) is 0 Å². The van der Waals surface area contributed by atoms with Crippen molar-refractivity contribution in [1.82, 2.24) is 9.97 Å². The van der Waals surface area contributed by atoms with Crippen LogP contribution in [0.1, 0.15) is 19.8 Å². The quantitative estimate of drug-likeness (QED) is 0.810. The lowest BCUT2D eigenvalue weighted by molar-refractivity contribution is -0.00478. The molecule has 2 N–H and O–H groups in total. The van der Waals surface area contributed by atoms with Gasteiger partial charge < -0.3 is 15.4 Å². The number of aromatic nitrogens is 2. The smallest absolute Gasteiger partial charge is 0.155 e. The fourth-order valence-electron chi connectivity index (χ4n) is 2.15. The van der Waals surface area contributed by atoms with Gasteiger partial charge in [0.2, 0.25) is 0 Å². The zero-order chi connectivity index (χ0) is 11.6. The number of piperidine rings is 1. The number of nitrogens with two attached hydrogens (primary N) is 1. The highest BCUT2D eigenvalue weighted by Gasteiger charge is 2.31. The van der Waals surface area contributed by atoms with Gasteiger partial charge in [0.1, 0.15) is 6.33 Å². The van der Waals surface area contributed by atoms with E-state index in [0.29, 0.717) is 5.69 Å². The van der Waals surface area contributed by atoms with Crippen LogP contribution in [0.4, 0.5) is 11.5 Å². The predicted octanol–water partition coefficient (Wildman–Crippen LogP) is 1.06. The molecule has 0 amide bonds. The van der Waals surface area contributed by atoms with Crippen LogP contribution in [0.15, 0.2) is 12.5 Å². The van der Waals surface area contributed by atoms with Crippen LogP contribution >= 0.6 is 0 Å². The van der Waals surface area contributed by atoms with Crippen molar-refractivity contribution in [3.63, 3.8) is 0 Å². The van der Waals surface area contributed by atoms with Crippen molar-refractivity contribution >= 4 is 11.5 Å². The van der Waals surface area contributed by atoms with E-state index in [2.05, 4.69) is 21.8 Å². The fraction of sp³-hybridized carbons (Fsp3) is 0.636. The molecule has 0 aromatic carbocycles. The largest absolute Gasteiger partial charge is 0.394 e. The Morgan fingerprint density at radius 1 is 1.56 bits per heavy atom. The maximum absolute atomic E-state index is 5.87. The molecule has 1 saturated heterocycles. The summed E-state index contributed by atoms with van der Waals surface area (Å²) < 4.78 is 5.54. The molecule has 88 valence electrons. The van der Waals surface area contributed by atoms with Gasteiger partial charge in [-0.15, -0.1) is 0 Å². The van der Waals surface area contributed by atoms with E-state index in [-0.39, 0.29) is 5.60 Å². The number of hydrogen-bond donors (Lipinski definition) is 1. The summed E-state index contributed by atoms with van der Waals surface area (Å²) in [6, 6.07) is 0. The first kappa shape index (κ1) is 11.1. The standard InChI is InChI=1S/C11H18N4O/c1-11(16-2)4-3-5-15(7-11)10-9(12)6-13-8-14-10/h6,8H,3-5,7,12H2,1-2H3. The molecule has 1 aromatic heterocycles. The van der Waals surface area contributed by atoms with E-state index in [1.54, 1.807) is 13.3 Å². The molecule has 0 bridgehead atoms. The van der Waals surface area contributed by atoms with Gasteiger partial charge in [-0.2, -0.15) is 0 Å². The molecular formula is C11H18N4O. The Morgan fingerprint density at radius 3 is 3.06 bits per heavy atom. The molecule has 1 aliphatic rings. The Kier molecular flexibility index (Phi) is 2.96. The van der Waals surface area contributed by atoms with Crippen molar-refractivity contribution in [1.29, 1.82) is 0 Å². The fourth-order valence-corrected chi connectivity index (χ4v) is 2.15. The Hall–Kier alpha value is -1.36. The van der Waals surface area contributed by atoms with Gasteiger partial charge >= 0.3 is 0 Å². The van der Waals surface area contributed by atoms with E-state index in [9.17, 15) is 0 Å². The summed E-state index contributed by atoms with van der Waals surface area (Å²) >= 11 is 0. The van der Waals surface area contributed by atoms with Crippen LogP contribution in [0.2, 0.25) is 0 Å². The van der Waals surface area contributed by atoms with Crippen LogP contribution in [0.25, 0.3) is 0 Å². The van der Waals surface area contributed by atoms with Gasteiger partial charge in [-0.1, -0.05) is 0 Å². The lowest BCUT2D eigenvalue weighted by Crippen LogP contribution is -2.48. The molecule has 16 heavy (non-hydrogen) atoms. The number of methoxy groups -OCH3 is 1. The number of rotatable bonds is 2. The van der Waals surface area contributed by atoms with E-state index >= 15 is 0 Å². The molecule has 1 fully saturated rings. The molecule has 0 aliphatic carbocycles. The zero-order valence-electron chi connectivity index (χ0n) is 9.81. The molecule has 2 rings (SSSR count). The van der Waals surface area contributed by atoms with E-state index in [1.807, 2.05) is 0 Å². The minimum absolute atomic E-state index is 0.102. The lowest BCUT2D eigenvalue weighted by atomic mass is 9.95. The molecule has 0 radical (unpaired) electrons. The van der Waals surface area contributed by atoms with Crippen molar-refractivity contribution in [2.45, 2.75) is 25.4 Å². The third-order valence-corrected chi connectivity index (χ3v) is 3.17. The molecule has 2 heterocycles. The van der Waals surface area contributed by atoms with Gasteiger partial charge in [0.15, 0.2) is 5.82 Å². The maximum Gasteiger partial charge on any atom is 0.155 e. The topological polar surface area (TPSA) is 64.3 Å². The van der Waals surface area contributed by atoms with Gasteiger partial charge in [0.05, 0.1) is 17.5 Å². The number of ether oxygens (including phenoxy) is 1. The van der Waals surface area contributed by atoms with Crippen LogP contribution in [-0.4, -0.2) is 35.8 Å². The monoisotopic (exact) mass is 222 g/mol. The third kappa shape index (κ3) is 2.09. The van der Waals surface area contributed by atoms with Crippen molar-refractivity contribution in [2.75, 3.05) is 30.8 Å². The first-order valence-electron chi connectivity index (χ1n) is 5.50. The summed E-state index contributed by atoms with van der Waals surface area (Å²) in [5.74, 6) is 0.818. The van der Waals surface area contributed by atoms with Crippen LogP contribution < -0.4 is 10.6 Å². The third-order valence-electron chi connectivity index (χ3n) is 3.17. The molecule has 1 aromatic rings.